The minimum absolute atomic E-state index is 0.0926. The number of nitrogens with zero attached hydrogens (tertiary/aromatic N) is 3. The van der Waals surface area contributed by atoms with Gasteiger partial charge in [0.2, 0.25) is 5.43 Å². The molecule has 1 aromatic heterocycles. The van der Waals surface area contributed by atoms with Gasteiger partial charge < -0.3 is 19.5 Å². The second-order valence-corrected chi connectivity index (χ2v) is 10.4. The third kappa shape index (κ3) is 4.90. The molecule has 2 aromatic carbocycles. The molecule has 1 aliphatic carbocycles. The summed E-state index contributed by atoms with van der Waals surface area (Å²) >= 11 is 7.10. The van der Waals surface area contributed by atoms with Crippen molar-refractivity contribution in [2.75, 3.05) is 31.1 Å². The molecular formula is C25H23F2N3O3S2. The maximum Gasteiger partial charge on any atom is 0.341 e. The molecule has 1 saturated carbocycles. The molecule has 0 atom stereocenters. The Morgan fingerprint density at radius 2 is 1.77 bits per heavy atom. The quantitative estimate of drug-likeness (QED) is 0.496. The molecule has 1 saturated heterocycles. The smallest absolute Gasteiger partial charge is 0.341 e. The zero-order valence-corrected chi connectivity index (χ0v) is 20.4. The van der Waals surface area contributed by atoms with E-state index in [1.165, 1.54) is 36.2 Å². The van der Waals surface area contributed by atoms with Gasteiger partial charge >= 0.3 is 5.97 Å². The number of aromatic nitrogens is 1. The number of pyridine rings is 1. The molecule has 0 unspecified atom stereocenters. The minimum Gasteiger partial charge on any atom is -0.477 e. The Morgan fingerprint density at radius 1 is 1.09 bits per heavy atom. The second kappa shape index (κ2) is 9.58. The lowest BCUT2D eigenvalue weighted by Crippen LogP contribution is -2.48. The summed E-state index contributed by atoms with van der Waals surface area (Å²) in [5.74, 6) is -1.47. The highest BCUT2D eigenvalue weighted by Gasteiger charge is 2.28. The number of hydrogen-bond donors (Lipinski definition) is 1. The normalized spacial score (nSPS) is 16.1. The first kappa shape index (κ1) is 23.7. The van der Waals surface area contributed by atoms with E-state index in [-0.39, 0.29) is 22.8 Å². The van der Waals surface area contributed by atoms with Crippen LogP contribution >= 0.6 is 24.0 Å². The van der Waals surface area contributed by atoms with Crippen LogP contribution < -0.4 is 10.3 Å². The van der Waals surface area contributed by atoms with Gasteiger partial charge in [0.15, 0.2) is 0 Å². The van der Waals surface area contributed by atoms with Gasteiger partial charge in [-0.25, -0.2) is 13.6 Å². The second-order valence-electron chi connectivity index (χ2n) is 8.79. The van der Waals surface area contributed by atoms with E-state index in [0.717, 1.165) is 22.7 Å². The Balaban J connectivity index is 1.32. The minimum atomic E-state index is -1.31. The van der Waals surface area contributed by atoms with E-state index in [1.807, 2.05) is 4.90 Å². The number of thioether (sulfide) groups is 1. The van der Waals surface area contributed by atoms with Crippen molar-refractivity contribution in [2.24, 2.45) is 0 Å². The van der Waals surface area contributed by atoms with Crippen molar-refractivity contribution in [1.29, 1.82) is 0 Å². The predicted molar refractivity (Wildman–Crippen MR) is 137 cm³/mol. The Hall–Kier alpha value is -2.98. The largest absolute Gasteiger partial charge is 0.477 e. The third-order valence-electron chi connectivity index (χ3n) is 6.43. The first-order valence-corrected chi connectivity index (χ1v) is 12.7. The SMILES string of the molecule is O=C(O)c1cn(C2CC2)c2cc(N3CCN(C(=S)SCc4ccc(F)cc4)CC3)c(F)cc2c1=O. The summed E-state index contributed by atoms with van der Waals surface area (Å²) in [5, 5.41) is 9.51. The maximum absolute atomic E-state index is 15.2. The summed E-state index contributed by atoms with van der Waals surface area (Å²) in [6, 6.07) is 9.32. The molecule has 182 valence electrons. The van der Waals surface area contributed by atoms with Crippen LogP contribution in [0.15, 0.2) is 47.4 Å². The maximum atomic E-state index is 15.2. The van der Waals surface area contributed by atoms with Crippen LogP contribution in [0.25, 0.3) is 10.9 Å². The van der Waals surface area contributed by atoms with Crippen molar-refractivity contribution >= 4 is 50.9 Å². The first-order valence-electron chi connectivity index (χ1n) is 11.3. The van der Waals surface area contributed by atoms with Crippen LogP contribution in [0.3, 0.4) is 0 Å². The molecule has 0 spiro atoms. The van der Waals surface area contributed by atoms with E-state index in [9.17, 15) is 19.1 Å². The summed E-state index contributed by atoms with van der Waals surface area (Å²) in [6.07, 6.45) is 3.19. The molecule has 6 nitrogen and oxygen atoms in total. The lowest BCUT2D eigenvalue weighted by atomic mass is 10.1. The van der Waals surface area contributed by atoms with Crippen molar-refractivity contribution < 1.29 is 18.7 Å². The number of piperazine rings is 1. The van der Waals surface area contributed by atoms with Crippen LogP contribution in [-0.4, -0.2) is 51.0 Å². The Kier molecular flexibility index (Phi) is 6.50. The first-order chi connectivity index (χ1) is 16.8. The van der Waals surface area contributed by atoms with E-state index in [2.05, 4.69) is 4.90 Å². The summed E-state index contributed by atoms with van der Waals surface area (Å²) in [4.78, 5) is 28.2. The number of fused-ring (bicyclic) bond motifs is 1. The highest BCUT2D eigenvalue weighted by molar-refractivity contribution is 8.22. The van der Waals surface area contributed by atoms with Crippen LogP contribution in [0.1, 0.15) is 34.8 Å². The van der Waals surface area contributed by atoms with Gasteiger partial charge in [0.25, 0.3) is 0 Å². The number of halogens is 2. The summed E-state index contributed by atoms with van der Waals surface area (Å²) in [5.41, 5.74) is 0.953. The molecule has 0 amide bonds. The van der Waals surface area contributed by atoms with E-state index >= 15 is 4.39 Å². The number of aromatic carboxylic acids is 1. The van der Waals surface area contributed by atoms with E-state index in [1.54, 1.807) is 22.8 Å². The molecule has 2 heterocycles. The van der Waals surface area contributed by atoms with Crippen LogP contribution in [0.2, 0.25) is 0 Å². The molecular weight excluding hydrogens is 492 g/mol. The topological polar surface area (TPSA) is 65.8 Å². The predicted octanol–water partition coefficient (Wildman–Crippen LogP) is 4.65. The summed E-state index contributed by atoms with van der Waals surface area (Å²) < 4.78 is 30.8. The van der Waals surface area contributed by atoms with Gasteiger partial charge in [-0.15, -0.1) is 0 Å². The summed E-state index contributed by atoms with van der Waals surface area (Å²) in [6.45, 7) is 2.36. The standard InChI is InChI=1S/C25H23F2N3O3S2/c26-16-3-1-15(2-4-16)14-35-25(34)29-9-7-28(8-10-29)22-12-21-18(11-20(22)27)23(31)19(24(32)33)13-30(21)17-5-6-17/h1-4,11-13,17H,5-10,14H2,(H,32,33). The average Bonchev–Trinajstić information content (AvgIpc) is 3.69. The number of carbonyl (C=O) groups is 1. The van der Waals surface area contributed by atoms with Gasteiger partial charge in [-0.05, 0) is 42.7 Å². The van der Waals surface area contributed by atoms with Crippen LogP contribution in [-0.2, 0) is 5.75 Å². The van der Waals surface area contributed by atoms with Gasteiger partial charge in [0.1, 0.15) is 21.5 Å². The number of carboxylic acid groups (broad SMARTS) is 1. The fraction of sp³-hybridized carbons (Fsp3) is 0.320. The van der Waals surface area contributed by atoms with Gasteiger partial charge in [-0.2, -0.15) is 0 Å². The number of rotatable bonds is 5. The monoisotopic (exact) mass is 515 g/mol. The zero-order valence-electron chi connectivity index (χ0n) is 18.7. The van der Waals surface area contributed by atoms with Crippen LogP contribution in [0.4, 0.5) is 14.5 Å². The fourth-order valence-corrected chi connectivity index (χ4v) is 5.56. The highest BCUT2D eigenvalue weighted by atomic mass is 32.2. The number of benzene rings is 2. The lowest BCUT2D eigenvalue weighted by Gasteiger charge is -2.37. The average molecular weight is 516 g/mol. The molecule has 0 radical (unpaired) electrons. The van der Waals surface area contributed by atoms with Crippen molar-refractivity contribution in [2.45, 2.75) is 24.6 Å². The highest BCUT2D eigenvalue weighted by Crippen LogP contribution is 2.38. The van der Waals surface area contributed by atoms with Gasteiger partial charge in [-0.3, -0.25) is 4.79 Å². The van der Waals surface area contributed by atoms with Crippen LogP contribution in [0, 0.1) is 11.6 Å². The van der Waals surface area contributed by atoms with E-state index < -0.39 is 17.2 Å². The van der Waals surface area contributed by atoms with Gasteiger partial charge in [0, 0.05) is 49.6 Å². The van der Waals surface area contributed by atoms with Gasteiger partial charge in [0.05, 0.1) is 11.2 Å². The molecule has 1 N–H and O–H groups in total. The molecule has 0 bridgehead atoms. The Morgan fingerprint density at radius 3 is 2.40 bits per heavy atom. The van der Waals surface area contributed by atoms with Crippen LogP contribution in [0.5, 0.6) is 0 Å². The zero-order chi connectivity index (χ0) is 24.7. The van der Waals surface area contributed by atoms with Crippen molar-refractivity contribution in [3.05, 3.63) is 75.6 Å². The number of hydrogen-bond acceptors (Lipinski definition) is 5. The van der Waals surface area contributed by atoms with Crippen molar-refractivity contribution in [3.8, 4) is 0 Å². The Labute approximate surface area is 210 Å². The van der Waals surface area contributed by atoms with Crippen molar-refractivity contribution in [3.63, 3.8) is 0 Å². The molecule has 2 aliphatic rings. The molecule has 2 fully saturated rings. The summed E-state index contributed by atoms with van der Waals surface area (Å²) in [7, 11) is 0. The number of thiocarbonyl (C=S) groups is 1. The third-order valence-corrected chi connectivity index (χ3v) is 8.02. The van der Waals surface area contributed by atoms with E-state index in [4.69, 9.17) is 12.2 Å². The number of anilines is 1. The molecule has 3 aromatic rings. The fourth-order valence-electron chi connectivity index (χ4n) is 4.36. The Bertz CT molecular complexity index is 1370. The lowest BCUT2D eigenvalue weighted by molar-refractivity contribution is 0.0695. The number of carboxylic acids is 1. The van der Waals surface area contributed by atoms with Crippen molar-refractivity contribution in [1.82, 2.24) is 9.47 Å². The molecule has 1 aliphatic heterocycles. The molecule has 10 heteroatoms. The van der Waals surface area contributed by atoms with E-state index in [0.29, 0.717) is 43.1 Å². The van der Waals surface area contributed by atoms with Gasteiger partial charge in [-0.1, -0.05) is 36.1 Å². The molecule has 35 heavy (non-hydrogen) atoms. The molecule has 5 rings (SSSR count).